The molecular weight excluding hydrogens is 439 g/mol. The zero-order valence-corrected chi connectivity index (χ0v) is 18.0. The van der Waals surface area contributed by atoms with Gasteiger partial charge in [-0.1, -0.05) is 35.3 Å². The first kappa shape index (κ1) is 22.3. The fourth-order valence-electron chi connectivity index (χ4n) is 2.57. The van der Waals surface area contributed by atoms with Crippen molar-refractivity contribution in [2.45, 2.75) is 6.92 Å². The second kappa shape index (κ2) is 10.6. The highest BCUT2D eigenvalue weighted by Crippen LogP contribution is 2.29. The molecule has 3 rings (SSSR count). The minimum absolute atomic E-state index is 0.263. The normalized spacial score (nSPS) is 10.7. The van der Waals surface area contributed by atoms with E-state index in [0.29, 0.717) is 39.1 Å². The van der Waals surface area contributed by atoms with Gasteiger partial charge in [0.05, 0.1) is 29.0 Å². The number of hydrogen-bond acceptors (Lipinski definition) is 5. The van der Waals surface area contributed by atoms with Gasteiger partial charge < -0.3 is 9.47 Å². The lowest BCUT2D eigenvalue weighted by molar-refractivity contribution is 0.0728. The number of hydrazone groups is 1. The van der Waals surface area contributed by atoms with Crippen molar-refractivity contribution < 1.29 is 19.1 Å². The molecule has 1 N–H and O–H groups in total. The van der Waals surface area contributed by atoms with E-state index in [1.54, 1.807) is 66.7 Å². The van der Waals surface area contributed by atoms with E-state index in [2.05, 4.69) is 10.5 Å². The van der Waals surface area contributed by atoms with E-state index in [0.717, 1.165) is 0 Å². The molecule has 0 aliphatic heterocycles. The van der Waals surface area contributed by atoms with Crippen LogP contribution in [0, 0.1) is 0 Å². The van der Waals surface area contributed by atoms with Crippen molar-refractivity contribution in [3.05, 3.63) is 93.5 Å². The van der Waals surface area contributed by atoms with Gasteiger partial charge in [-0.25, -0.2) is 10.2 Å². The Bertz CT molecular complexity index is 1110. The molecule has 158 valence electrons. The number of ether oxygens (including phenoxy) is 2. The molecule has 0 unspecified atom stereocenters. The number of halogens is 2. The second-order valence-electron chi connectivity index (χ2n) is 6.21. The summed E-state index contributed by atoms with van der Waals surface area (Å²) in [6.07, 6.45) is 1.45. The van der Waals surface area contributed by atoms with Crippen LogP contribution in [-0.2, 0) is 0 Å². The van der Waals surface area contributed by atoms with Crippen molar-refractivity contribution in [3.63, 3.8) is 0 Å². The summed E-state index contributed by atoms with van der Waals surface area (Å²) in [6, 6.07) is 18.0. The summed E-state index contributed by atoms with van der Waals surface area (Å²) >= 11 is 11.9. The van der Waals surface area contributed by atoms with Crippen molar-refractivity contribution in [3.8, 4) is 11.5 Å². The first-order valence-corrected chi connectivity index (χ1v) is 10.1. The summed E-state index contributed by atoms with van der Waals surface area (Å²) in [5, 5.41) is 4.81. The molecule has 0 aliphatic carbocycles. The minimum atomic E-state index is -0.536. The van der Waals surface area contributed by atoms with Crippen LogP contribution in [0.1, 0.15) is 33.2 Å². The Morgan fingerprint density at radius 1 is 1.00 bits per heavy atom. The Kier molecular flexibility index (Phi) is 7.65. The third kappa shape index (κ3) is 6.07. The summed E-state index contributed by atoms with van der Waals surface area (Å²) in [7, 11) is 0. The molecule has 3 aromatic rings. The standard InChI is InChI=1S/C23H18Cl2N2O4/c1-2-30-21-13-15(14-26-27-22(28)18-5-3-4-6-19(18)25)7-12-20(21)31-23(29)16-8-10-17(24)11-9-16/h3-14H,2H2,1H3,(H,27,28)/b26-14-. The molecule has 0 aliphatic rings. The van der Waals surface area contributed by atoms with Gasteiger partial charge in [0.15, 0.2) is 11.5 Å². The molecule has 31 heavy (non-hydrogen) atoms. The Hall–Kier alpha value is -3.35. The average Bonchev–Trinajstić information content (AvgIpc) is 2.76. The topological polar surface area (TPSA) is 77.0 Å². The minimum Gasteiger partial charge on any atom is -0.490 e. The molecule has 0 aromatic heterocycles. The molecular formula is C23H18Cl2N2O4. The van der Waals surface area contributed by atoms with E-state index in [1.165, 1.54) is 6.21 Å². The third-order valence-electron chi connectivity index (χ3n) is 4.05. The molecule has 0 spiro atoms. The fourth-order valence-corrected chi connectivity index (χ4v) is 2.92. The van der Waals surface area contributed by atoms with Crippen LogP contribution in [0.2, 0.25) is 10.0 Å². The van der Waals surface area contributed by atoms with Crippen LogP contribution in [0.4, 0.5) is 0 Å². The Labute approximate surface area is 189 Å². The Morgan fingerprint density at radius 3 is 2.45 bits per heavy atom. The van der Waals surface area contributed by atoms with Gasteiger partial charge in [-0.05, 0) is 67.1 Å². The van der Waals surface area contributed by atoms with Crippen LogP contribution in [0.3, 0.4) is 0 Å². The number of benzene rings is 3. The highest BCUT2D eigenvalue weighted by atomic mass is 35.5. The SMILES string of the molecule is CCOc1cc(/C=N\NC(=O)c2ccccc2Cl)ccc1OC(=O)c1ccc(Cl)cc1. The summed E-state index contributed by atoms with van der Waals surface area (Å²) in [5.74, 6) is -0.336. The lowest BCUT2D eigenvalue weighted by Crippen LogP contribution is -2.17. The van der Waals surface area contributed by atoms with E-state index < -0.39 is 11.9 Å². The number of carbonyl (C=O) groups excluding carboxylic acids is 2. The monoisotopic (exact) mass is 456 g/mol. The van der Waals surface area contributed by atoms with Crippen molar-refractivity contribution in [2.24, 2.45) is 5.10 Å². The summed E-state index contributed by atoms with van der Waals surface area (Å²) in [5.41, 5.74) is 3.74. The first-order chi connectivity index (χ1) is 15.0. The summed E-state index contributed by atoms with van der Waals surface area (Å²) in [6.45, 7) is 2.19. The van der Waals surface area contributed by atoms with Gasteiger partial charge in [0.2, 0.25) is 0 Å². The Morgan fingerprint density at radius 2 is 1.74 bits per heavy atom. The predicted octanol–water partition coefficient (Wildman–Crippen LogP) is 5.38. The van der Waals surface area contributed by atoms with Crippen LogP contribution < -0.4 is 14.9 Å². The van der Waals surface area contributed by atoms with Crippen LogP contribution in [-0.4, -0.2) is 24.7 Å². The number of carbonyl (C=O) groups is 2. The van der Waals surface area contributed by atoms with E-state index in [-0.39, 0.29) is 5.75 Å². The van der Waals surface area contributed by atoms with E-state index in [1.807, 2.05) is 6.92 Å². The zero-order chi connectivity index (χ0) is 22.2. The fraction of sp³-hybridized carbons (Fsp3) is 0.0870. The molecule has 6 nitrogen and oxygen atoms in total. The zero-order valence-electron chi connectivity index (χ0n) is 16.5. The van der Waals surface area contributed by atoms with Crippen molar-refractivity contribution in [2.75, 3.05) is 6.61 Å². The van der Waals surface area contributed by atoms with Gasteiger partial charge in [0, 0.05) is 5.02 Å². The highest BCUT2D eigenvalue weighted by molar-refractivity contribution is 6.33. The summed E-state index contributed by atoms with van der Waals surface area (Å²) < 4.78 is 11.0. The maximum atomic E-state index is 12.4. The molecule has 0 heterocycles. The molecule has 0 bridgehead atoms. The highest BCUT2D eigenvalue weighted by Gasteiger charge is 2.13. The van der Waals surface area contributed by atoms with Gasteiger partial charge in [-0.15, -0.1) is 0 Å². The smallest absolute Gasteiger partial charge is 0.343 e. The average molecular weight is 457 g/mol. The van der Waals surface area contributed by atoms with Crippen molar-refractivity contribution in [1.29, 1.82) is 0 Å². The maximum absolute atomic E-state index is 12.4. The third-order valence-corrected chi connectivity index (χ3v) is 4.63. The van der Waals surface area contributed by atoms with Crippen molar-refractivity contribution in [1.82, 2.24) is 5.43 Å². The number of nitrogens with zero attached hydrogens (tertiary/aromatic N) is 1. The maximum Gasteiger partial charge on any atom is 0.343 e. The number of amides is 1. The first-order valence-electron chi connectivity index (χ1n) is 9.30. The largest absolute Gasteiger partial charge is 0.490 e. The Balaban J connectivity index is 1.71. The van der Waals surface area contributed by atoms with Crippen LogP contribution in [0.5, 0.6) is 11.5 Å². The molecule has 3 aromatic carbocycles. The van der Waals surface area contributed by atoms with Crippen LogP contribution in [0.15, 0.2) is 71.8 Å². The van der Waals surface area contributed by atoms with Crippen molar-refractivity contribution >= 4 is 41.3 Å². The van der Waals surface area contributed by atoms with E-state index in [4.69, 9.17) is 32.7 Å². The van der Waals surface area contributed by atoms with E-state index in [9.17, 15) is 9.59 Å². The van der Waals surface area contributed by atoms with E-state index >= 15 is 0 Å². The van der Waals surface area contributed by atoms with Gasteiger partial charge in [-0.2, -0.15) is 5.10 Å². The lowest BCUT2D eigenvalue weighted by Gasteiger charge is -2.11. The second-order valence-corrected chi connectivity index (χ2v) is 7.06. The van der Waals surface area contributed by atoms with Gasteiger partial charge in [0.25, 0.3) is 5.91 Å². The predicted molar refractivity (Wildman–Crippen MR) is 121 cm³/mol. The van der Waals surface area contributed by atoms with Crippen LogP contribution >= 0.6 is 23.2 Å². The number of esters is 1. The number of hydrogen-bond donors (Lipinski definition) is 1. The number of rotatable bonds is 7. The van der Waals surface area contributed by atoms with Gasteiger partial charge >= 0.3 is 5.97 Å². The number of nitrogens with one attached hydrogen (secondary N) is 1. The molecule has 0 fully saturated rings. The molecule has 0 saturated carbocycles. The quantitative estimate of drug-likeness (QED) is 0.224. The molecule has 1 amide bonds. The molecule has 0 atom stereocenters. The van der Waals surface area contributed by atoms with Gasteiger partial charge in [0.1, 0.15) is 0 Å². The summed E-state index contributed by atoms with van der Waals surface area (Å²) in [4.78, 5) is 24.5. The van der Waals surface area contributed by atoms with Crippen LogP contribution in [0.25, 0.3) is 0 Å². The van der Waals surface area contributed by atoms with Gasteiger partial charge in [-0.3, -0.25) is 4.79 Å². The molecule has 8 heteroatoms. The molecule has 0 radical (unpaired) electrons. The molecule has 0 saturated heterocycles. The lowest BCUT2D eigenvalue weighted by atomic mass is 10.2.